The Labute approximate surface area is 86.5 Å². The molecule has 76 valence electrons. The molecular weight excluding hydrogens is 204 g/mol. The molecule has 0 aromatic heterocycles. The molecule has 0 aliphatic heterocycles. The number of anilines is 1. The van der Waals surface area contributed by atoms with Crippen LogP contribution >= 0.6 is 11.6 Å². The van der Waals surface area contributed by atoms with Gasteiger partial charge in [0, 0.05) is 16.8 Å². The average molecular weight is 215 g/mol. The number of halogens is 1. The van der Waals surface area contributed by atoms with Gasteiger partial charge in [0.15, 0.2) is 0 Å². The van der Waals surface area contributed by atoms with E-state index in [1.165, 1.54) is 0 Å². The second-order valence-electron chi connectivity index (χ2n) is 2.99. The molecule has 1 rings (SSSR count). The largest absolute Gasteiger partial charge is 0.481 e. The lowest BCUT2D eigenvalue weighted by molar-refractivity contribution is -0.137. The van der Waals surface area contributed by atoms with E-state index in [9.17, 15) is 4.79 Å². The van der Waals surface area contributed by atoms with Crippen molar-refractivity contribution >= 4 is 23.3 Å². The van der Waals surface area contributed by atoms with Crippen LogP contribution in [-0.2, 0) is 4.79 Å². The van der Waals surface area contributed by atoms with Gasteiger partial charge >= 0.3 is 5.97 Å². The maximum absolute atomic E-state index is 10.4. The molecule has 5 heteroatoms. The molecule has 1 aromatic rings. The lowest BCUT2D eigenvalue weighted by Crippen LogP contribution is -2.15. The molecule has 5 N–H and O–H groups in total. The molecule has 0 radical (unpaired) electrons. The van der Waals surface area contributed by atoms with Gasteiger partial charge in [0.25, 0.3) is 0 Å². The van der Waals surface area contributed by atoms with Gasteiger partial charge in [0.05, 0.1) is 6.42 Å². The summed E-state index contributed by atoms with van der Waals surface area (Å²) in [5.41, 5.74) is 12.3. The molecule has 0 aliphatic rings. The summed E-state index contributed by atoms with van der Waals surface area (Å²) in [6.45, 7) is 0. The Morgan fingerprint density at radius 1 is 1.57 bits per heavy atom. The van der Waals surface area contributed by atoms with Crippen LogP contribution in [0.2, 0.25) is 5.02 Å². The topological polar surface area (TPSA) is 89.3 Å². The molecule has 0 spiro atoms. The van der Waals surface area contributed by atoms with Gasteiger partial charge in [-0.1, -0.05) is 17.7 Å². The van der Waals surface area contributed by atoms with Gasteiger partial charge in [-0.05, 0) is 17.7 Å². The zero-order valence-electron chi connectivity index (χ0n) is 7.40. The summed E-state index contributed by atoms with van der Waals surface area (Å²) in [5, 5.41) is 8.94. The third-order valence-electron chi connectivity index (χ3n) is 1.82. The predicted octanol–water partition coefficient (Wildman–Crippen LogP) is 1.40. The molecule has 0 fully saturated rings. The van der Waals surface area contributed by atoms with E-state index in [4.69, 9.17) is 28.2 Å². The van der Waals surface area contributed by atoms with Crippen molar-refractivity contribution in [2.75, 3.05) is 5.73 Å². The summed E-state index contributed by atoms with van der Waals surface area (Å²) in [7, 11) is 0. The number of benzene rings is 1. The first-order chi connectivity index (χ1) is 6.50. The molecule has 0 aliphatic carbocycles. The molecule has 0 bridgehead atoms. The first-order valence-electron chi connectivity index (χ1n) is 4.03. The summed E-state index contributed by atoms with van der Waals surface area (Å²) in [4.78, 5) is 10.4. The minimum Gasteiger partial charge on any atom is -0.481 e. The quantitative estimate of drug-likeness (QED) is 0.664. The van der Waals surface area contributed by atoms with Crippen molar-refractivity contribution in [2.45, 2.75) is 12.5 Å². The van der Waals surface area contributed by atoms with E-state index in [0.29, 0.717) is 16.3 Å². The number of nitrogen functional groups attached to an aromatic ring is 1. The number of hydrogen-bond donors (Lipinski definition) is 3. The molecule has 0 amide bonds. The molecule has 0 saturated heterocycles. The summed E-state index contributed by atoms with van der Waals surface area (Å²) in [6.07, 6.45) is -0.149. The third kappa shape index (κ3) is 2.61. The fraction of sp³-hybridized carbons (Fsp3) is 0.222. The molecule has 1 aromatic carbocycles. The lowest BCUT2D eigenvalue weighted by atomic mass is 10.0. The van der Waals surface area contributed by atoms with Gasteiger partial charge in [0.2, 0.25) is 0 Å². The summed E-state index contributed by atoms with van der Waals surface area (Å²) < 4.78 is 0. The number of carbonyl (C=O) groups is 1. The van der Waals surface area contributed by atoms with Crippen LogP contribution in [0, 0.1) is 0 Å². The maximum Gasteiger partial charge on any atom is 0.305 e. The maximum atomic E-state index is 10.4. The van der Waals surface area contributed by atoms with Crippen molar-refractivity contribution in [1.82, 2.24) is 0 Å². The first-order valence-corrected chi connectivity index (χ1v) is 4.41. The Morgan fingerprint density at radius 3 is 2.71 bits per heavy atom. The Balaban J connectivity index is 2.90. The second kappa shape index (κ2) is 4.30. The van der Waals surface area contributed by atoms with Gasteiger partial charge < -0.3 is 16.6 Å². The van der Waals surface area contributed by atoms with E-state index in [-0.39, 0.29) is 6.42 Å². The van der Waals surface area contributed by atoms with Crippen molar-refractivity contribution in [1.29, 1.82) is 0 Å². The smallest absolute Gasteiger partial charge is 0.305 e. The lowest BCUT2D eigenvalue weighted by Gasteiger charge is -2.11. The molecule has 1 atom stereocenters. The Hall–Kier alpha value is -1.26. The van der Waals surface area contributed by atoms with E-state index in [2.05, 4.69) is 0 Å². The van der Waals surface area contributed by atoms with Crippen molar-refractivity contribution in [3.8, 4) is 0 Å². The Morgan fingerprint density at radius 2 is 2.21 bits per heavy atom. The van der Waals surface area contributed by atoms with Crippen molar-refractivity contribution in [2.24, 2.45) is 5.73 Å². The standard InChI is InChI=1S/C9H11ClN2O2/c10-7-3-5(11)1-2-6(7)8(12)4-9(13)14/h1-3,8H,4,11-12H2,(H,13,14). The van der Waals surface area contributed by atoms with Crippen LogP contribution in [0.5, 0.6) is 0 Å². The van der Waals surface area contributed by atoms with Gasteiger partial charge in [-0.3, -0.25) is 4.79 Å². The summed E-state index contributed by atoms with van der Waals surface area (Å²) >= 11 is 5.85. The highest BCUT2D eigenvalue weighted by atomic mass is 35.5. The van der Waals surface area contributed by atoms with Crippen molar-refractivity contribution in [3.63, 3.8) is 0 Å². The number of rotatable bonds is 3. The van der Waals surface area contributed by atoms with Crippen LogP contribution in [-0.4, -0.2) is 11.1 Å². The predicted molar refractivity (Wildman–Crippen MR) is 55.0 cm³/mol. The molecule has 0 saturated carbocycles. The van der Waals surface area contributed by atoms with Crippen LogP contribution in [0.15, 0.2) is 18.2 Å². The minimum absolute atomic E-state index is 0.149. The van der Waals surface area contributed by atoms with Crippen LogP contribution in [0.3, 0.4) is 0 Å². The van der Waals surface area contributed by atoms with E-state index in [0.717, 1.165) is 0 Å². The zero-order chi connectivity index (χ0) is 10.7. The third-order valence-corrected chi connectivity index (χ3v) is 2.15. The Bertz CT molecular complexity index is 355. The number of aliphatic carboxylic acids is 1. The van der Waals surface area contributed by atoms with E-state index < -0.39 is 12.0 Å². The van der Waals surface area contributed by atoms with Gasteiger partial charge in [-0.15, -0.1) is 0 Å². The minimum atomic E-state index is -0.953. The monoisotopic (exact) mass is 214 g/mol. The highest BCUT2D eigenvalue weighted by Gasteiger charge is 2.13. The number of nitrogens with two attached hydrogens (primary N) is 2. The Kier molecular flexibility index (Phi) is 3.33. The van der Waals surface area contributed by atoms with E-state index in [1.54, 1.807) is 18.2 Å². The highest BCUT2D eigenvalue weighted by molar-refractivity contribution is 6.31. The molecular formula is C9H11ClN2O2. The van der Waals surface area contributed by atoms with E-state index >= 15 is 0 Å². The highest BCUT2D eigenvalue weighted by Crippen LogP contribution is 2.25. The molecule has 1 unspecified atom stereocenters. The molecule has 0 heterocycles. The normalized spacial score (nSPS) is 12.4. The van der Waals surface area contributed by atoms with Gasteiger partial charge in [0.1, 0.15) is 0 Å². The number of carboxylic acids is 1. The SMILES string of the molecule is Nc1ccc(C(N)CC(=O)O)c(Cl)c1. The summed E-state index contributed by atoms with van der Waals surface area (Å²) in [6, 6.07) is 4.24. The fourth-order valence-corrected chi connectivity index (χ4v) is 1.47. The van der Waals surface area contributed by atoms with Gasteiger partial charge in [-0.25, -0.2) is 0 Å². The van der Waals surface area contributed by atoms with Crippen LogP contribution < -0.4 is 11.5 Å². The zero-order valence-corrected chi connectivity index (χ0v) is 8.16. The number of carboxylic acid groups (broad SMARTS) is 1. The fourth-order valence-electron chi connectivity index (χ4n) is 1.14. The summed E-state index contributed by atoms with van der Waals surface area (Å²) in [5.74, 6) is -0.953. The first kappa shape index (κ1) is 10.8. The number of hydrogen-bond acceptors (Lipinski definition) is 3. The van der Waals surface area contributed by atoms with Crippen LogP contribution in [0.25, 0.3) is 0 Å². The second-order valence-corrected chi connectivity index (χ2v) is 3.39. The van der Waals surface area contributed by atoms with Crippen molar-refractivity contribution in [3.05, 3.63) is 28.8 Å². The average Bonchev–Trinajstić information content (AvgIpc) is 2.01. The van der Waals surface area contributed by atoms with E-state index in [1.807, 2.05) is 0 Å². The molecule has 14 heavy (non-hydrogen) atoms. The van der Waals surface area contributed by atoms with Crippen LogP contribution in [0.4, 0.5) is 5.69 Å². The molecule has 4 nitrogen and oxygen atoms in total. The van der Waals surface area contributed by atoms with Crippen LogP contribution in [0.1, 0.15) is 18.0 Å². The van der Waals surface area contributed by atoms with Gasteiger partial charge in [-0.2, -0.15) is 0 Å². The van der Waals surface area contributed by atoms with Crippen molar-refractivity contribution < 1.29 is 9.90 Å².